The molecule has 2 aromatic carbocycles. The molecule has 0 aromatic heterocycles. The molecule has 1 aliphatic rings. The first-order chi connectivity index (χ1) is 12.9. The van der Waals surface area contributed by atoms with Crippen molar-refractivity contribution in [3.63, 3.8) is 0 Å². The molecule has 0 saturated carbocycles. The number of hydrogen-bond donors (Lipinski definition) is 1. The summed E-state index contributed by atoms with van der Waals surface area (Å²) in [5, 5.41) is 2.75. The molecule has 0 bridgehead atoms. The van der Waals surface area contributed by atoms with Crippen LogP contribution in [0.2, 0.25) is 0 Å². The maximum atomic E-state index is 14.1. The Hall–Kier alpha value is -3.09. The first-order valence-electron chi connectivity index (χ1n) is 8.67. The predicted octanol–water partition coefficient (Wildman–Crippen LogP) is 3.28. The molecule has 1 fully saturated rings. The van der Waals surface area contributed by atoms with Crippen LogP contribution in [0.5, 0.6) is 5.75 Å². The Balaban J connectivity index is 1.84. The highest BCUT2D eigenvalue weighted by atomic mass is 19.1. The summed E-state index contributed by atoms with van der Waals surface area (Å²) in [5.41, 5.74) is 1.75. The van der Waals surface area contributed by atoms with Gasteiger partial charge in [-0.25, -0.2) is 4.39 Å². The Morgan fingerprint density at radius 1 is 1.22 bits per heavy atom. The van der Waals surface area contributed by atoms with Gasteiger partial charge in [0.15, 0.2) is 0 Å². The molecule has 7 heteroatoms. The van der Waals surface area contributed by atoms with Crippen molar-refractivity contribution in [3.05, 3.63) is 47.8 Å². The third-order valence-corrected chi connectivity index (χ3v) is 4.49. The minimum absolute atomic E-state index is 0.0260. The number of carbonyl (C=O) groups is 2. The Morgan fingerprint density at radius 2 is 2.00 bits per heavy atom. The van der Waals surface area contributed by atoms with Crippen molar-refractivity contribution in [2.75, 3.05) is 42.9 Å². The number of amides is 2. The van der Waals surface area contributed by atoms with E-state index in [0.717, 1.165) is 6.42 Å². The van der Waals surface area contributed by atoms with Crippen molar-refractivity contribution in [2.24, 2.45) is 0 Å². The van der Waals surface area contributed by atoms with Crippen molar-refractivity contribution in [2.45, 2.75) is 12.8 Å². The van der Waals surface area contributed by atoms with E-state index < -0.39 is 11.7 Å². The molecule has 0 spiro atoms. The fourth-order valence-electron chi connectivity index (χ4n) is 3.10. The number of benzene rings is 2. The van der Waals surface area contributed by atoms with Gasteiger partial charge in [-0.3, -0.25) is 9.59 Å². The molecular weight excluding hydrogens is 349 g/mol. The summed E-state index contributed by atoms with van der Waals surface area (Å²) >= 11 is 0. The number of anilines is 3. The second-order valence-electron chi connectivity index (χ2n) is 6.55. The van der Waals surface area contributed by atoms with E-state index in [-0.39, 0.29) is 11.5 Å². The summed E-state index contributed by atoms with van der Waals surface area (Å²) in [7, 11) is 5.00. The second kappa shape index (κ2) is 7.65. The van der Waals surface area contributed by atoms with Gasteiger partial charge >= 0.3 is 0 Å². The van der Waals surface area contributed by atoms with E-state index in [1.54, 1.807) is 54.2 Å². The average molecular weight is 371 g/mol. The van der Waals surface area contributed by atoms with E-state index in [9.17, 15) is 14.0 Å². The normalized spacial score (nSPS) is 13.6. The van der Waals surface area contributed by atoms with E-state index in [0.29, 0.717) is 35.8 Å². The first-order valence-corrected chi connectivity index (χ1v) is 8.67. The molecule has 27 heavy (non-hydrogen) atoms. The van der Waals surface area contributed by atoms with Crippen LogP contribution in [0.3, 0.4) is 0 Å². The molecule has 2 aromatic rings. The summed E-state index contributed by atoms with van der Waals surface area (Å²) in [6.45, 7) is 0.615. The third-order valence-electron chi connectivity index (χ3n) is 4.49. The SMILES string of the molecule is COc1ccc(NC(=O)c2ccc(N(C)C)c(F)c2)cc1N1CCCC1=O. The number of hydrogen-bond acceptors (Lipinski definition) is 4. The lowest BCUT2D eigenvalue weighted by molar-refractivity contribution is -0.117. The highest BCUT2D eigenvalue weighted by Crippen LogP contribution is 2.34. The maximum absolute atomic E-state index is 14.1. The number of halogens is 1. The van der Waals surface area contributed by atoms with Crippen LogP contribution in [-0.4, -0.2) is 39.6 Å². The monoisotopic (exact) mass is 371 g/mol. The Kier molecular flexibility index (Phi) is 5.30. The number of nitrogens with zero attached hydrogens (tertiary/aromatic N) is 2. The minimum Gasteiger partial charge on any atom is -0.495 e. The molecule has 6 nitrogen and oxygen atoms in total. The van der Waals surface area contributed by atoms with Crippen LogP contribution < -0.4 is 19.9 Å². The second-order valence-corrected chi connectivity index (χ2v) is 6.55. The zero-order valence-electron chi connectivity index (χ0n) is 15.6. The number of rotatable bonds is 5. The molecule has 0 radical (unpaired) electrons. The molecule has 142 valence electrons. The molecule has 0 atom stereocenters. The van der Waals surface area contributed by atoms with E-state index in [1.807, 2.05) is 0 Å². The van der Waals surface area contributed by atoms with Crippen LogP contribution in [0, 0.1) is 5.82 Å². The van der Waals surface area contributed by atoms with Gasteiger partial charge in [-0.05, 0) is 42.8 Å². The van der Waals surface area contributed by atoms with Gasteiger partial charge in [-0.1, -0.05) is 0 Å². The smallest absolute Gasteiger partial charge is 0.255 e. The maximum Gasteiger partial charge on any atom is 0.255 e. The minimum atomic E-state index is -0.467. The van der Waals surface area contributed by atoms with E-state index in [2.05, 4.69) is 5.32 Å². The molecule has 1 N–H and O–H groups in total. The third kappa shape index (κ3) is 3.86. The number of nitrogens with one attached hydrogen (secondary N) is 1. The molecule has 0 unspecified atom stereocenters. The summed E-state index contributed by atoms with van der Waals surface area (Å²) in [5.74, 6) is -0.309. The highest BCUT2D eigenvalue weighted by molar-refractivity contribution is 6.05. The van der Waals surface area contributed by atoms with Gasteiger partial charge in [-0.15, -0.1) is 0 Å². The average Bonchev–Trinajstić information content (AvgIpc) is 3.07. The fourth-order valence-corrected chi connectivity index (χ4v) is 3.10. The van der Waals surface area contributed by atoms with Gasteiger partial charge in [-0.2, -0.15) is 0 Å². The van der Waals surface area contributed by atoms with Crippen molar-refractivity contribution >= 4 is 28.9 Å². The van der Waals surface area contributed by atoms with Gasteiger partial charge in [0.1, 0.15) is 11.6 Å². The number of carbonyl (C=O) groups excluding carboxylic acids is 2. The topological polar surface area (TPSA) is 61.9 Å². The van der Waals surface area contributed by atoms with Crippen LogP contribution in [0.15, 0.2) is 36.4 Å². The summed E-state index contributed by atoms with van der Waals surface area (Å²) in [4.78, 5) is 27.8. The molecule has 2 amide bonds. The largest absolute Gasteiger partial charge is 0.495 e. The van der Waals surface area contributed by atoms with Crippen molar-refractivity contribution in [1.82, 2.24) is 0 Å². The van der Waals surface area contributed by atoms with Gasteiger partial charge in [0.05, 0.1) is 18.5 Å². The van der Waals surface area contributed by atoms with Crippen molar-refractivity contribution < 1.29 is 18.7 Å². The lowest BCUT2D eigenvalue weighted by Gasteiger charge is -2.20. The zero-order chi connectivity index (χ0) is 19.6. The van der Waals surface area contributed by atoms with Crippen LogP contribution in [0.4, 0.5) is 21.5 Å². The fraction of sp³-hybridized carbons (Fsp3) is 0.300. The first kappa shape index (κ1) is 18.7. The molecule has 0 aliphatic carbocycles. The van der Waals surface area contributed by atoms with Gasteiger partial charge in [0.2, 0.25) is 5.91 Å². The number of ether oxygens (including phenoxy) is 1. The van der Waals surface area contributed by atoms with Crippen molar-refractivity contribution in [1.29, 1.82) is 0 Å². The zero-order valence-corrected chi connectivity index (χ0v) is 15.6. The Bertz CT molecular complexity index is 883. The lowest BCUT2D eigenvalue weighted by Crippen LogP contribution is -2.24. The molecule has 1 aliphatic heterocycles. The molecular formula is C20H22FN3O3. The molecule has 1 heterocycles. The number of methoxy groups -OCH3 is 1. The Morgan fingerprint density at radius 3 is 2.59 bits per heavy atom. The van der Waals surface area contributed by atoms with Crippen LogP contribution in [0.1, 0.15) is 23.2 Å². The standard InChI is InChI=1S/C20H22FN3O3/c1-23(2)16-8-6-13(11-15(16)21)20(26)22-14-7-9-18(27-3)17(12-14)24-10-4-5-19(24)25/h6-9,11-12H,4-5,10H2,1-3H3,(H,22,26). The summed E-state index contributed by atoms with van der Waals surface area (Å²) in [6, 6.07) is 9.43. The molecule has 1 saturated heterocycles. The lowest BCUT2D eigenvalue weighted by atomic mass is 10.1. The van der Waals surface area contributed by atoms with E-state index in [1.165, 1.54) is 13.2 Å². The van der Waals surface area contributed by atoms with Crippen molar-refractivity contribution in [3.8, 4) is 5.75 Å². The summed E-state index contributed by atoms with van der Waals surface area (Å²) in [6.07, 6.45) is 1.29. The summed E-state index contributed by atoms with van der Waals surface area (Å²) < 4.78 is 19.5. The quantitative estimate of drug-likeness (QED) is 0.876. The van der Waals surface area contributed by atoms with E-state index >= 15 is 0 Å². The Labute approximate surface area is 157 Å². The van der Waals surface area contributed by atoms with Gasteiger partial charge in [0, 0.05) is 38.3 Å². The van der Waals surface area contributed by atoms with Crippen LogP contribution >= 0.6 is 0 Å². The predicted molar refractivity (Wildman–Crippen MR) is 103 cm³/mol. The molecule has 3 rings (SSSR count). The van der Waals surface area contributed by atoms with E-state index in [4.69, 9.17) is 4.74 Å². The highest BCUT2D eigenvalue weighted by Gasteiger charge is 2.25. The van der Waals surface area contributed by atoms with Gasteiger partial charge in [0.25, 0.3) is 5.91 Å². The van der Waals surface area contributed by atoms with Crippen LogP contribution in [-0.2, 0) is 4.79 Å². The van der Waals surface area contributed by atoms with Crippen LogP contribution in [0.25, 0.3) is 0 Å². The van der Waals surface area contributed by atoms with Gasteiger partial charge < -0.3 is 19.9 Å².